The lowest BCUT2D eigenvalue weighted by molar-refractivity contribution is -0.232. The molecule has 5 fully saturated rings. The number of carbonyl (C=O) groups is 2. The zero-order chi connectivity index (χ0) is 24.9. The predicted octanol–water partition coefficient (Wildman–Crippen LogP) is 8.19. The quantitative estimate of drug-likeness (QED) is 0.393. The average Bonchev–Trinajstić information content (AvgIpc) is 3.18. The second-order valence-electron chi connectivity index (χ2n) is 14.8. The van der Waals surface area contributed by atoms with Crippen molar-refractivity contribution in [3.63, 3.8) is 0 Å². The Bertz CT molecular complexity index is 914. The summed E-state index contributed by atoms with van der Waals surface area (Å²) in [6.07, 6.45) is 12.1. The minimum absolute atomic E-state index is 0.0912. The van der Waals surface area contributed by atoms with E-state index in [-0.39, 0.29) is 21.7 Å². The highest BCUT2D eigenvalue weighted by Gasteiger charge is 2.71. The lowest BCUT2D eigenvalue weighted by Crippen LogP contribution is -2.66. The Morgan fingerprint density at radius 1 is 0.882 bits per heavy atom. The largest absolute Gasteiger partial charge is 0.299 e. The van der Waals surface area contributed by atoms with Crippen LogP contribution < -0.4 is 0 Å². The molecule has 0 spiro atoms. The van der Waals surface area contributed by atoms with E-state index in [0.29, 0.717) is 53.0 Å². The predicted molar refractivity (Wildman–Crippen MR) is 139 cm³/mol. The van der Waals surface area contributed by atoms with Crippen molar-refractivity contribution in [2.24, 2.45) is 56.7 Å². The van der Waals surface area contributed by atoms with E-state index < -0.39 is 0 Å². The van der Waals surface area contributed by atoms with E-state index in [4.69, 9.17) is 0 Å². The Kier molecular flexibility index (Phi) is 5.50. The molecule has 5 aliphatic carbocycles. The SMILES string of the molecule is C=C(C)C1CCC2(C(=O)CC)CC[C@]3(C)[C@H](CC[C@@H]4[C@@]5(C)CCC(=O)C(C)(C)[C@@H]5CC[C@]43C)C12. The van der Waals surface area contributed by atoms with Crippen molar-refractivity contribution in [1.29, 1.82) is 0 Å². The van der Waals surface area contributed by atoms with Gasteiger partial charge in [0.1, 0.15) is 11.6 Å². The van der Waals surface area contributed by atoms with Crippen LogP contribution in [0.15, 0.2) is 12.2 Å². The minimum Gasteiger partial charge on any atom is -0.299 e. The molecule has 5 aliphatic rings. The number of ketones is 2. The standard InChI is InChI=1S/C32H50O2/c1-9-25(33)32-17-12-21(20(2)3)27(32)22-10-11-24-29(6)15-14-26(34)28(4,5)23(29)13-16-31(24,8)30(22,7)18-19-32/h21-24,27H,2,9-19H2,1,3-8H3/t21?,22-,23+,24-,27?,29+,30-,31-,32?/m1/s1. The first-order valence-electron chi connectivity index (χ1n) is 14.5. The van der Waals surface area contributed by atoms with Gasteiger partial charge in [0.25, 0.3) is 0 Å². The molecular formula is C32H50O2. The Labute approximate surface area is 209 Å². The number of Topliss-reactive ketones (excluding diaryl/α,β-unsaturated/α-hetero) is 2. The van der Waals surface area contributed by atoms with Gasteiger partial charge in [0, 0.05) is 23.7 Å². The number of hydrogen-bond donors (Lipinski definition) is 0. The molecule has 0 aliphatic heterocycles. The molecule has 5 rings (SSSR count). The van der Waals surface area contributed by atoms with E-state index in [1.807, 2.05) is 0 Å². The van der Waals surface area contributed by atoms with Gasteiger partial charge in [-0.15, -0.1) is 0 Å². The smallest absolute Gasteiger partial charge is 0.139 e. The third-order valence-electron chi connectivity index (χ3n) is 13.7. The highest BCUT2D eigenvalue weighted by atomic mass is 16.1. The van der Waals surface area contributed by atoms with Crippen molar-refractivity contribution < 1.29 is 9.59 Å². The van der Waals surface area contributed by atoms with Gasteiger partial charge >= 0.3 is 0 Å². The summed E-state index contributed by atoms with van der Waals surface area (Å²) < 4.78 is 0. The molecule has 0 aromatic rings. The van der Waals surface area contributed by atoms with Crippen molar-refractivity contribution >= 4 is 11.6 Å². The van der Waals surface area contributed by atoms with Crippen molar-refractivity contribution in [1.82, 2.24) is 0 Å². The number of rotatable bonds is 3. The Hall–Kier alpha value is -0.920. The highest BCUT2D eigenvalue weighted by molar-refractivity contribution is 5.86. The number of hydrogen-bond acceptors (Lipinski definition) is 2. The topological polar surface area (TPSA) is 34.1 Å². The van der Waals surface area contributed by atoms with Crippen LogP contribution in [0.5, 0.6) is 0 Å². The molecule has 0 radical (unpaired) electrons. The van der Waals surface area contributed by atoms with Gasteiger partial charge in [-0.25, -0.2) is 0 Å². The molecule has 0 heterocycles. The molecule has 2 heteroatoms. The van der Waals surface area contributed by atoms with Crippen LogP contribution in [0.25, 0.3) is 0 Å². The lowest BCUT2D eigenvalue weighted by atomic mass is 9.32. The average molecular weight is 467 g/mol. The summed E-state index contributed by atoms with van der Waals surface area (Å²) in [7, 11) is 0. The first-order valence-corrected chi connectivity index (χ1v) is 14.5. The summed E-state index contributed by atoms with van der Waals surface area (Å²) in [4.78, 5) is 26.5. The molecule has 0 saturated heterocycles. The maximum absolute atomic E-state index is 13.6. The molecule has 34 heavy (non-hydrogen) atoms. The molecule has 9 atom stereocenters. The van der Waals surface area contributed by atoms with Gasteiger partial charge in [-0.3, -0.25) is 9.59 Å². The third kappa shape index (κ3) is 2.81. The Morgan fingerprint density at radius 3 is 2.24 bits per heavy atom. The van der Waals surface area contributed by atoms with Gasteiger partial charge in [-0.2, -0.15) is 0 Å². The summed E-state index contributed by atoms with van der Waals surface area (Å²) >= 11 is 0. The molecule has 0 amide bonds. The Morgan fingerprint density at radius 2 is 1.59 bits per heavy atom. The van der Waals surface area contributed by atoms with Gasteiger partial charge in [-0.1, -0.05) is 53.7 Å². The summed E-state index contributed by atoms with van der Waals surface area (Å²) in [5, 5.41) is 0. The van der Waals surface area contributed by atoms with Crippen molar-refractivity contribution in [3.05, 3.63) is 12.2 Å². The molecule has 0 aromatic carbocycles. The van der Waals surface area contributed by atoms with E-state index in [0.717, 1.165) is 32.1 Å². The van der Waals surface area contributed by atoms with E-state index in [9.17, 15) is 9.59 Å². The fourth-order valence-corrected chi connectivity index (χ4v) is 11.8. The summed E-state index contributed by atoms with van der Waals surface area (Å²) in [5.41, 5.74) is 1.87. The number of fused-ring (bicyclic) bond motifs is 7. The molecule has 0 N–H and O–H groups in total. The molecular weight excluding hydrogens is 416 g/mol. The van der Waals surface area contributed by atoms with E-state index in [1.54, 1.807) is 0 Å². The van der Waals surface area contributed by atoms with Crippen molar-refractivity contribution in [2.45, 2.75) is 119 Å². The van der Waals surface area contributed by atoms with E-state index in [2.05, 4.69) is 55.0 Å². The Balaban J connectivity index is 1.57. The second kappa shape index (κ2) is 7.55. The molecule has 0 bridgehead atoms. The number of carbonyl (C=O) groups excluding carboxylic acids is 2. The molecule has 3 unspecified atom stereocenters. The zero-order valence-corrected chi connectivity index (χ0v) is 23.2. The first kappa shape index (κ1) is 24.8. The molecule has 0 aromatic heterocycles. The minimum atomic E-state index is -0.183. The highest BCUT2D eigenvalue weighted by Crippen LogP contribution is 2.77. The third-order valence-corrected chi connectivity index (χ3v) is 13.7. The summed E-state index contributed by atoms with van der Waals surface area (Å²) in [6.45, 7) is 21.1. The van der Waals surface area contributed by atoms with Crippen molar-refractivity contribution in [3.8, 4) is 0 Å². The first-order chi connectivity index (χ1) is 15.8. The van der Waals surface area contributed by atoms with E-state index >= 15 is 0 Å². The van der Waals surface area contributed by atoms with Gasteiger partial charge < -0.3 is 0 Å². The van der Waals surface area contributed by atoms with Gasteiger partial charge in [0.15, 0.2) is 0 Å². The van der Waals surface area contributed by atoms with Crippen molar-refractivity contribution in [2.75, 3.05) is 0 Å². The molecule has 190 valence electrons. The fraction of sp³-hybridized carbons (Fsp3) is 0.875. The monoisotopic (exact) mass is 466 g/mol. The van der Waals surface area contributed by atoms with Crippen LogP contribution in [0, 0.1) is 56.7 Å². The lowest BCUT2D eigenvalue weighted by Gasteiger charge is -2.72. The summed E-state index contributed by atoms with van der Waals surface area (Å²) in [5.74, 6) is 3.86. The van der Waals surface area contributed by atoms with Crippen LogP contribution in [0.3, 0.4) is 0 Å². The van der Waals surface area contributed by atoms with Crippen LogP contribution in [-0.4, -0.2) is 11.6 Å². The van der Waals surface area contributed by atoms with Gasteiger partial charge in [0.2, 0.25) is 0 Å². The van der Waals surface area contributed by atoms with Crippen LogP contribution >= 0.6 is 0 Å². The maximum atomic E-state index is 13.6. The van der Waals surface area contributed by atoms with Crippen LogP contribution in [0.2, 0.25) is 0 Å². The van der Waals surface area contributed by atoms with E-state index in [1.165, 1.54) is 37.7 Å². The van der Waals surface area contributed by atoms with Crippen LogP contribution in [0.1, 0.15) is 119 Å². The second-order valence-corrected chi connectivity index (χ2v) is 14.8. The molecule has 2 nitrogen and oxygen atoms in total. The maximum Gasteiger partial charge on any atom is 0.139 e. The summed E-state index contributed by atoms with van der Waals surface area (Å²) in [6, 6.07) is 0. The zero-order valence-electron chi connectivity index (χ0n) is 23.2. The van der Waals surface area contributed by atoms with Crippen LogP contribution in [0.4, 0.5) is 0 Å². The number of allylic oxidation sites excluding steroid dienone is 1. The van der Waals surface area contributed by atoms with Gasteiger partial charge in [0.05, 0.1) is 0 Å². The van der Waals surface area contributed by atoms with Gasteiger partial charge in [-0.05, 0) is 111 Å². The normalized spacial score (nSPS) is 51.6. The fourth-order valence-electron chi connectivity index (χ4n) is 11.8. The molecule has 5 saturated carbocycles. The van der Waals surface area contributed by atoms with Crippen LogP contribution in [-0.2, 0) is 9.59 Å².